The summed E-state index contributed by atoms with van der Waals surface area (Å²) in [6.45, 7) is 6.51. The smallest absolute Gasteiger partial charge is 0.309 e. The van der Waals surface area contributed by atoms with E-state index in [0.717, 1.165) is 12.8 Å². The molecule has 0 spiro atoms. The van der Waals surface area contributed by atoms with Gasteiger partial charge in [-0.2, -0.15) is 0 Å². The number of hydrogen-bond donors (Lipinski definition) is 1. The molecule has 0 aromatic carbocycles. The third-order valence-corrected chi connectivity index (χ3v) is 4.62. The maximum Gasteiger partial charge on any atom is 0.309 e. The summed E-state index contributed by atoms with van der Waals surface area (Å²) >= 11 is 0. The fourth-order valence-electron chi connectivity index (χ4n) is 3.36. The average Bonchev–Trinajstić information content (AvgIpc) is 2.71. The highest BCUT2D eigenvalue weighted by Gasteiger charge is 2.50. The van der Waals surface area contributed by atoms with Crippen molar-refractivity contribution < 1.29 is 19.1 Å². The van der Waals surface area contributed by atoms with E-state index in [1.165, 1.54) is 6.42 Å². The largest absolute Gasteiger partial charge is 0.423 e. The minimum atomic E-state index is -1.54. The standard InChI is InChI=1S/C15H25NO4/c1-9(2)11-5-4-10(3)8-12(11)19-15(14(16)18)7-6-13(17)20-15/h9-12H,4-8H2,1-3H3,(H2,16,18)/t10-,11+,12-,15?/m1/s1. The lowest BCUT2D eigenvalue weighted by Crippen LogP contribution is -2.51. The van der Waals surface area contributed by atoms with E-state index in [-0.39, 0.29) is 18.9 Å². The highest BCUT2D eigenvalue weighted by molar-refractivity contribution is 5.87. The SMILES string of the molecule is CC(C)[C@@H]1CC[C@@H](C)C[C@H]1OC1(C(N)=O)CCC(=O)O1. The summed E-state index contributed by atoms with van der Waals surface area (Å²) in [6, 6.07) is 0. The molecule has 2 rings (SSSR count). The van der Waals surface area contributed by atoms with Gasteiger partial charge < -0.3 is 15.2 Å². The van der Waals surface area contributed by atoms with Crippen LogP contribution in [0.4, 0.5) is 0 Å². The Morgan fingerprint density at radius 1 is 1.45 bits per heavy atom. The molecule has 1 aliphatic carbocycles. The van der Waals surface area contributed by atoms with Gasteiger partial charge in [0.05, 0.1) is 12.5 Å². The van der Waals surface area contributed by atoms with Crippen LogP contribution in [0.2, 0.25) is 0 Å². The Morgan fingerprint density at radius 3 is 2.65 bits per heavy atom. The van der Waals surface area contributed by atoms with Crippen LogP contribution in [0.1, 0.15) is 52.9 Å². The summed E-state index contributed by atoms with van der Waals surface area (Å²) in [4.78, 5) is 23.1. The Labute approximate surface area is 120 Å². The molecule has 2 N–H and O–H groups in total. The second-order valence-electron chi connectivity index (χ2n) is 6.57. The van der Waals surface area contributed by atoms with Crippen molar-refractivity contribution in [2.75, 3.05) is 0 Å². The van der Waals surface area contributed by atoms with Crippen molar-refractivity contribution in [3.05, 3.63) is 0 Å². The normalized spacial score (nSPS) is 38.0. The molecule has 0 radical (unpaired) electrons. The molecule has 1 saturated heterocycles. The van der Waals surface area contributed by atoms with Crippen LogP contribution in [0.15, 0.2) is 0 Å². The summed E-state index contributed by atoms with van der Waals surface area (Å²) < 4.78 is 11.1. The van der Waals surface area contributed by atoms with Gasteiger partial charge in [0, 0.05) is 6.42 Å². The Bertz CT molecular complexity index is 395. The Kier molecular flexibility index (Phi) is 4.37. The molecule has 5 heteroatoms. The van der Waals surface area contributed by atoms with Gasteiger partial charge in [-0.05, 0) is 30.6 Å². The number of carbonyl (C=O) groups excluding carboxylic acids is 2. The van der Waals surface area contributed by atoms with Gasteiger partial charge in [-0.1, -0.05) is 27.2 Å². The van der Waals surface area contributed by atoms with E-state index in [1.807, 2.05) is 0 Å². The first-order valence-corrected chi connectivity index (χ1v) is 7.53. The van der Waals surface area contributed by atoms with Crippen LogP contribution in [0.5, 0.6) is 0 Å². The predicted molar refractivity (Wildman–Crippen MR) is 73.5 cm³/mol. The molecule has 114 valence electrons. The minimum absolute atomic E-state index is 0.0721. The third-order valence-electron chi connectivity index (χ3n) is 4.62. The van der Waals surface area contributed by atoms with Crippen LogP contribution in [-0.2, 0) is 19.1 Å². The molecule has 20 heavy (non-hydrogen) atoms. The molecular formula is C15H25NO4. The molecule has 4 atom stereocenters. The second kappa shape index (κ2) is 5.72. The average molecular weight is 283 g/mol. The molecular weight excluding hydrogens is 258 g/mol. The van der Waals surface area contributed by atoms with Crippen molar-refractivity contribution in [2.45, 2.75) is 64.8 Å². The van der Waals surface area contributed by atoms with Crippen LogP contribution >= 0.6 is 0 Å². The molecule has 0 aromatic heterocycles. The first-order chi connectivity index (χ1) is 9.34. The second-order valence-corrected chi connectivity index (χ2v) is 6.57. The van der Waals surface area contributed by atoms with Crippen molar-refractivity contribution in [1.29, 1.82) is 0 Å². The number of rotatable bonds is 4. The number of carbonyl (C=O) groups is 2. The summed E-state index contributed by atoms with van der Waals surface area (Å²) in [5.41, 5.74) is 5.43. The van der Waals surface area contributed by atoms with Gasteiger partial charge in [0.1, 0.15) is 0 Å². The van der Waals surface area contributed by atoms with Crippen molar-refractivity contribution in [3.63, 3.8) is 0 Å². The van der Waals surface area contributed by atoms with Crippen molar-refractivity contribution in [1.82, 2.24) is 0 Å². The number of esters is 1. The van der Waals surface area contributed by atoms with Gasteiger partial charge in [-0.25, -0.2) is 0 Å². The van der Waals surface area contributed by atoms with E-state index in [1.54, 1.807) is 0 Å². The number of amides is 1. The van der Waals surface area contributed by atoms with Crippen LogP contribution in [-0.4, -0.2) is 23.8 Å². The predicted octanol–water partition coefficient (Wildman–Crippen LogP) is 1.98. The van der Waals surface area contributed by atoms with Gasteiger partial charge >= 0.3 is 5.97 Å². The maximum absolute atomic E-state index is 11.7. The molecule has 0 aromatic rings. The minimum Gasteiger partial charge on any atom is -0.423 e. The van der Waals surface area contributed by atoms with Crippen molar-refractivity contribution >= 4 is 11.9 Å². The van der Waals surface area contributed by atoms with E-state index in [9.17, 15) is 9.59 Å². The summed E-state index contributed by atoms with van der Waals surface area (Å²) in [5, 5.41) is 0. The molecule has 1 heterocycles. The van der Waals surface area contributed by atoms with Crippen LogP contribution in [0.25, 0.3) is 0 Å². The first-order valence-electron chi connectivity index (χ1n) is 7.53. The molecule has 1 amide bonds. The molecule has 2 fully saturated rings. The van der Waals surface area contributed by atoms with Crippen LogP contribution in [0.3, 0.4) is 0 Å². The van der Waals surface area contributed by atoms with Gasteiger partial charge in [0.2, 0.25) is 0 Å². The van der Waals surface area contributed by atoms with Gasteiger partial charge in [-0.15, -0.1) is 0 Å². The lowest BCUT2D eigenvalue weighted by atomic mass is 9.75. The third kappa shape index (κ3) is 2.97. The number of primary amides is 1. The summed E-state index contributed by atoms with van der Waals surface area (Å²) in [6.07, 6.45) is 3.49. The zero-order chi connectivity index (χ0) is 14.9. The first kappa shape index (κ1) is 15.3. The Morgan fingerprint density at radius 2 is 2.15 bits per heavy atom. The highest BCUT2D eigenvalue weighted by Crippen LogP contribution is 2.39. The Balaban J connectivity index is 2.15. The van der Waals surface area contributed by atoms with Gasteiger partial charge in [0.25, 0.3) is 11.7 Å². The maximum atomic E-state index is 11.7. The van der Waals surface area contributed by atoms with Gasteiger partial charge in [0.15, 0.2) is 0 Å². The van der Waals surface area contributed by atoms with Crippen molar-refractivity contribution in [3.8, 4) is 0 Å². The fraction of sp³-hybridized carbons (Fsp3) is 0.867. The molecule has 0 bridgehead atoms. The van der Waals surface area contributed by atoms with Gasteiger partial charge in [-0.3, -0.25) is 9.59 Å². The zero-order valence-electron chi connectivity index (χ0n) is 12.6. The van der Waals surface area contributed by atoms with Crippen LogP contribution < -0.4 is 5.73 Å². The molecule has 1 unspecified atom stereocenters. The van der Waals surface area contributed by atoms with E-state index in [0.29, 0.717) is 17.8 Å². The number of ether oxygens (including phenoxy) is 2. The number of cyclic esters (lactones) is 1. The highest BCUT2D eigenvalue weighted by atomic mass is 16.7. The molecule has 2 aliphatic rings. The Hall–Kier alpha value is -1.10. The van der Waals surface area contributed by atoms with E-state index in [4.69, 9.17) is 15.2 Å². The summed E-state index contributed by atoms with van der Waals surface area (Å²) in [7, 11) is 0. The van der Waals surface area contributed by atoms with E-state index >= 15 is 0 Å². The van der Waals surface area contributed by atoms with E-state index < -0.39 is 17.7 Å². The monoisotopic (exact) mass is 283 g/mol. The lowest BCUT2D eigenvalue weighted by molar-refractivity contribution is -0.239. The van der Waals surface area contributed by atoms with Crippen LogP contribution in [0, 0.1) is 17.8 Å². The summed E-state index contributed by atoms with van der Waals surface area (Å²) in [5.74, 6) is -1.24. The lowest BCUT2D eigenvalue weighted by Gasteiger charge is -2.40. The van der Waals surface area contributed by atoms with Crippen molar-refractivity contribution in [2.24, 2.45) is 23.5 Å². The molecule has 1 saturated carbocycles. The van der Waals surface area contributed by atoms with E-state index in [2.05, 4.69) is 20.8 Å². The zero-order valence-corrected chi connectivity index (χ0v) is 12.6. The number of hydrogen-bond acceptors (Lipinski definition) is 4. The molecule has 1 aliphatic heterocycles. The topological polar surface area (TPSA) is 78.6 Å². The fourth-order valence-corrected chi connectivity index (χ4v) is 3.36. The molecule has 5 nitrogen and oxygen atoms in total. The quantitative estimate of drug-likeness (QED) is 0.800. The number of nitrogens with two attached hydrogens (primary N) is 1.